The van der Waals surface area contributed by atoms with Gasteiger partial charge < -0.3 is 19.5 Å². The first-order valence-corrected chi connectivity index (χ1v) is 13.9. The molecule has 2 aromatic heterocycles. The SMILES string of the molecule is COc1ccc(CNc2nccn3c([C@H]4CC[C@@H](C(F)F)N(C(=O)OCc5ccccc5)C4)nc(Br)c23)c(OC)c1. The molecule has 4 aromatic rings. The van der Waals surface area contributed by atoms with E-state index in [1.165, 1.54) is 0 Å². The molecule has 1 saturated heterocycles. The Morgan fingerprint density at radius 3 is 2.68 bits per heavy atom. The largest absolute Gasteiger partial charge is 0.497 e. The highest BCUT2D eigenvalue weighted by Crippen LogP contribution is 2.36. The average Bonchev–Trinajstić information content (AvgIpc) is 3.35. The van der Waals surface area contributed by atoms with Crippen LogP contribution in [0.2, 0.25) is 0 Å². The lowest BCUT2D eigenvalue weighted by Crippen LogP contribution is -2.50. The van der Waals surface area contributed by atoms with Crippen molar-refractivity contribution < 1.29 is 27.8 Å². The second-order valence-electron chi connectivity index (χ2n) is 9.66. The van der Waals surface area contributed by atoms with E-state index in [0.717, 1.165) is 16.0 Å². The third kappa shape index (κ3) is 6.22. The number of carbonyl (C=O) groups is 1. The van der Waals surface area contributed by atoms with E-state index < -0.39 is 18.6 Å². The minimum Gasteiger partial charge on any atom is -0.497 e. The number of hydrogen-bond donors (Lipinski definition) is 1. The lowest BCUT2D eigenvalue weighted by atomic mass is 9.92. The predicted molar refractivity (Wildman–Crippen MR) is 153 cm³/mol. The quantitative estimate of drug-likeness (QED) is 0.233. The number of likely N-dealkylation sites (tertiary alicyclic amines) is 1. The summed E-state index contributed by atoms with van der Waals surface area (Å²) >= 11 is 3.56. The smallest absolute Gasteiger partial charge is 0.410 e. The maximum absolute atomic E-state index is 13.9. The number of methoxy groups -OCH3 is 2. The monoisotopic (exact) mass is 629 g/mol. The zero-order valence-electron chi connectivity index (χ0n) is 22.6. The molecule has 1 aliphatic rings. The zero-order chi connectivity index (χ0) is 28.9. The standard InChI is InChI=1S/C29H30BrF2N5O4/c1-39-21-10-8-19(23(14-21)40-2)15-34-27-24-25(30)35-28(36(24)13-12-33-27)20-9-11-22(26(31)32)37(16-20)29(38)41-17-18-6-4-3-5-7-18/h3-8,10,12-14,20,22,26H,9,11,15-17H2,1-2H3,(H,33,34)/t20-,22-/m0/s1. The number of halogens is 3. The number of benzene rings is 2. The Balaban J connectivity index is 1.36. The molecular formula is C29H30BrF2N5O4. The number of nitrogens with one attached hydrogen (secondary N) is 1. The highest BCUT2D eigenvalue weighted by atomic mass is 79.9. The molecular weight excluding hydrogens is 600 g/mol. The van der Waals surface area contributed by atoms with Crippen molar-refractivity contribution in [3.63, 3.8) is 0 Å². The molecule has 2 atom stereocenters. The molecule has 1 fully saturated rings. The Bertz CT molecular complexity index is 1500. The fourth-order valence-electron chi connectivity index (χ4n) is 5.09. The molecule has 5 rings (SSSR count). The Kier molecular flexibility index (Phi) is 8.87. The summed E-state index contributed by atoms with van der Waals surface area (Å²) in [7, 11) is 3.19. The van der Waals surface area contributed by atoms with Crippen molar-refractivity contribution in [3.8, 4) is 11.5 Å². The molecule has 1 amide bonds. The fourth-order valence-corrected chi connectivity index (χ4v) is 5.65. The maximum Gasteiger partial charge on any atom is 0.410 e. The number of nitrogens with zero attached hydrogens (tertiary/aromatic N) is 4. The number of imidazole rings is 1. The molecule has 0 saturated carbocycles. The minimum atomic E-state index is -2.68. The van der Waals surface area contributed by atoms with Crippen molar-refractivity contribution in [3.05, 3.63) is 82.5 Å². The molecule has 1 N–H and O–H groups in total. The van der Waals surface area contributed by atoms with Crippen LogP contribution in [0.5, 0.6) is 11.5 Å². The van der Waals surface area contributed by atoms with Crippen LogP contribution in [0.15, 0.2) is 65.5 Å². The van der Waals surface area contributed by atoms with E-state index in [1.807, 2.05) is 52.9 Å². The van der Waals surface area contributed by atoms with E-state index in [0.29, 0.717) is 46.2 Å². The van der Waals surface area contributed by atoms with Crippen LogP contribution in [-0.2, 0) is 17.9 Å². The number of ether oxygens (including phenoxy) is 3. The highest BCUT2D eigenvalue weighted by Gasteiger charge is 2.39. The number of piperidine rings is 1. The third-order valence-corrected chi connectivity index (χ3v) is 7.76. The molecule has 9 nitrogen and oxygen atoms in total. The molecule has 0 bridgehead atoms. The van der Waals surface area contributed by atoms with E-state index in [2.05, 4.69) is 26.2 Å². The molecule has 2 aromatic carbocycles. The van der Waals surface area contributed by atoms with Gasteiger partial charge in [0, 0.05) is 43.0 Å². The zero-order valence-corrected chi connectivity index (χ0v) is 24.2. The van der Waals surface area contributed by atoms with Gasteiger partial charge in [-0.2, -0.15) is 0 Å². The van der Waals surface area contributed by atoms with Crippen molar-refractivity contribution >= 4 is 33.4 Å². The number of rotatable bonds is 9. The summed E-state index contributed by atoms with van der Waals surface area (Å²) in [6.07, 6.45) is 0.549. The normalized spacial score (nSPS) is 17.1. The summed E-state index contributed by atoms with van der Waals surface area (Å²) in [6.45, 7) is 0.490. The molecule has 12 heteroatoms. The molecule has 0 unspecified atom stereocenters. The summed E-state index contributed by atoms with van der Waals surface area (Å²) in [5, 5.41) is 3.35. The number of anilines is 1. The number of fused-ring (bicyclic) bond motifs is 1. The molecule has 216 valence electrons. The Morgan fingerprint density at radius 2 is 1.95 bits per heavy atom. The highest BCUT2D eigenvalue weighted by molar-refractivity contribution is 9.10. The van der Waals surface area contributed by atoms with Gasteiger partial charge in [0.25, 0.3) is 6.43 Å². The van der Waals surface area contributed by atoms with Crippen molar-refractivity contribution in [2.45, 2.75) is 44.4 Å². The van der Waals surface area contributed by atoms with E-state index in [9.17, 15) is 13.6 Å². The van der Waals surface area contributed by atoms with Gasteiger partial charge in [0.05, 0.1) is 20.3 Å². The van der Waals surface area contributed by atoms with Crippen LogP contribution in [-0.4, -0.2) is 58.6 Å². The van der Waals surface area contributed by atoms with Crippen LogP contribution in [0.4, 0.5) is 19.4 Å². The van der Waals surface area contributed by atoms with Crippen LogP contribution < -0.4 is 14.8 Å². The second kappa shape index (κ2) is 12.7. The van der Waals surface area contributed by atoms with Crippen LogP contribution >= 0.6 is 15.9 Å². The topological polar surface area (TPSA) is 90.2 Å². The van der Waals surface area contributed by atoms with E-state index in [4.69, 9.17) is 19.2 Å². The van der Waals surface area contributed by atoms with Gasteiger partial charge in [0.2, 0.25) is 0 Å². The number of amides is 1. The first kappa shape index (κ1) is 28.6. The lowest BCUT2D eigenvalue weighted by Gasteiger charge is -2.38. The molecule has 41 heavy (non-hydrogen) atoms. The van der Waals surface area contributed by atoms with Crippen LogP contribution in [0.1, 0.15) is 35.7 Å². The molecule has 0 radical (unpaired) electrons. The van der Waals surface area contributed by atoms with Crippen LogP contribution in [0.25, 0.3) is 5.52 Å². The first-order chi connectivity index (χ1) is 19.9. The van der Waals surface area contributed by atoms with Crippen molar-refractivity contribution in [2.75, 3.05) is 26.1 Å². The predicted octanol–water partition coefficient (Wildman–Crippen LogP) is 6.27. The molecule has 0 spiro atoms. The number of hydrogen-bond acceptors (Lipinski definition) is 7. The van der Waals surface area contributed by atoms with Gasteiger partial charge in [-0.3, -0.25) is 9.30 Å². The Hall–Kier alpha value is -3.93. The van der Waals surface area contributed by atoms with Gasteiger partial charge in [-0.05, 0) is 46.5 Å². The van der Waals surface area contributed by atoms with Crippen molar-refractivity contribution in [2.24, 2.45) is 0 Å². The summed E-state index contributed by atoms with van der Waals surface area (Å²) in [5.74, 6) is 2.30. The van der Waals surface area contributed by atoms with Gasteiger partial charge in [-0.25, -0.2) is 23.5 Å². The average molecular weight is 630 g/mol. The fraction of sp³-hybridized carbons (Fsp3) is 0.345. The van der Waals surface area contributed by atoms with E-state index in [1.54, 1.807) is 26.6 Å². The Morgan fingerprint density at radius 1 is 1.15 bits per heavy atom. The van der Waals surface area contributed by atoms with Gasteiger partial charge >= 0.3 is 6.09 Å². The first-order valence-electron chi connectivity index (χ1n) is 13.1. The van der Waals surface area contributed by atoms with Crippen molar-refractivity contribution in [1.29, 1.82) is 0 Å². The molecule has 3 heterocycles. The summed E-state index contributed by atoms with van der Waals surface area (Å²) in [6, 6.07) is 13.5. The minimum absolute atomic E-state index is 0.00827. The second-order valence-corrected chi connectivity index (χ2v) is 10.4. The summed E-state index contributed by atoms with van der Waals surface area (Å²) in [5.41, 5.74) is 2.39. The maximum atomic E-state index is 13.9. The summed E-state index contributed by atoms with van der Waals surface area (Å²) in [4.78, 5) is 23.4. The van der Waals surface area contributed by atoms with E-state index in [-0.39, 0.29) is 25.5 Å². The van der Waals surface area contributed by atoms with Gasteiger partial charge in [0.15, 0.2) is 5.82 Å². The number of aromatic nitrogens is 3. The summed E-state index contributed by atoms with van der Waals surface area (Å²) < 4.78 is 46.5. The van der Waals surface area contributed by atoms with Gasteiger partial charge in [-0.15, -0.1) is 0 Å². The van der Waals surface area contributed by atoms with Crippen molar-refractivity contribution in [1.82, 2.24) is 19.3 Å². The molecule has 1 aliphatic heterocycles. The molecule has 0 aliphatic carbocycles. The van der Waals surface area contributed by atoms with Gasteiger partial charge in [-0.1, -0.05) is 30.3 Å². The van der Waals surface area contributed by atoms with Crippen LogP contribution in [0.3, 0.4) is 0 Å². The third-order valence-electron chi connectivity index (χ3n) is 7.20. The van der Waals surface area contributed by atoms with E-state index >= 15 is 0 Å². The number of carbonyl (C=O) groups excluding carboxylic acids is 1. The van der Waals surface area contributed by atoms with Crippen LogP contribution in [0, 0.1) is 0 Å². The van der Waals surface area contributed by atoms with Gasteiger partial charge in [0.1, 0.15) is 34.1 Å². The number of alkyl halides is 2. The lowest BCUT2D eigenvalue weighted by molar-refractivity contribution is -0.00662. The Labute approximate surface area is 244 Å².